The van der Waals surface area contributed by atoms with Crippen LogP contribution in [0.15, 0.2) is 18.5 Å². The highest BCUT2D eigenvalue weighted by atomic mass is 16.2. The molecule has 0 aliphatic carbocycles. The zero-order chi connectivity index (χ0) is 11.5. The number of amides is 1. The zero-order valence-electron chi connectivity index (χ0n) is 9.76. The van der Waals surface area contributed by atoms with Gasteiger partial charge in [-0.05, 0) is 26.5 Å². The van der Waals surface area contributed by atoms with Crippen molar-refractivity contribution in [3.05, 3.63) is 18.5 Å². The van der Waals surface area contributed by atoms with Gasteiger partial charge in [0.05, 0.1) is 12.6 Å². The summed E-state index contributed by atoms with van der Waals surface area (Å²) in [6.07, 6.45) is 4.58. The first-order valence-electron chi connectivity index (χ1n) is 5.67. The lowest BCUT2D eigenvalue weighted by atomic mass is 10.2. The zero-order valence-corrected chi connectivity index (χ0v) is 9.76. The number of carbonyl (C=O) groups is 1. The third-order valence-corrected chi connectivity index (χ3v) is 3.13. The van der Waals surface area contributed by atoms with E-state index in [4.69, 9.17) is 0 Å². The minimum atomic E-state index is 0.0000661. The first-order valence-corrected chi connectivity index (χ1v) is 5.67. The maximum atomic E-state index is 11.9. The lowest BCUT2D eigenvalue weighted by Crippen LogP contribution is -2.42. The molecule has 0 aromatic carbocycles. The Hall–Kier alpha value is -1.36. The molecule has 2 rings (SSSR count). The van der Waals surface area contributed by atoms with E-state index in [0.717, 1.165) is 19.5 Å². The number of likely N-dealkylation sites (N-methyl/N-ethyl adjacent to an activating group) is 1. The van der Waals surface area contributed by atoms with Gasteiger partial charge in [0.1, 0.15) is 0 Å². The van der Waals surface area contributed by atoms with Gasteiger partial charge in [0.2, 0.25) is 5.91 Å². The summed E-state index contributed by atoms with van der Waals surface area (Å²) in [7, 11) is 1.84. The van der Waals surface area contributed by atoms with E-state index >= 15 is 0 Å². The Balaban J connectivity index is 1.95. The van der Waals surface area contributed by atoms with Crippen molar-refractivity contribution in [2.45, 2.75) is 32.0 Å². The van der Waals surface area contributed by atoms with Gasteiger partial charge in [-0.1, -0.05) is 0 Å². The van der Waals surface area contributed by atoms with Gasteiger partial charge >= 0.3 is 0 Å². The normalized spacial score (nSPS) is 22.8. The van der Waals surface area contributed by atoms with Crippen molar-refractivity contribution in [3.8, 4) is 0 Å². The van der Waals surface area contributed by atoms with Crippen molar-refractivity contribution in [2.75, 3.05) is 13.6 Å². The van der Waals surface area contributed by atoms with E-state index < -0.39 is 0 Å². The van der Waals surface area contributed by atoms with Crippen LogP contribution in [0.1, 0.15) is 13.3 Å². The summed E-state index contributed by atoms with van der Waals surface area (Å²) in [5.74, 6) is 0.210. The quantitative estimate of drug-likeness (QED) is 0.785. The fourth-order valence-corrected chi connectivity index (χ4v) is 2.19. The Morgan fingerprint density at radius 2 is 2.50 bits per heavy atom. The molecule has 1 aromatic heterocycles. The van der Waals surface area contributed by atoms with Crippen LogP contribution >= 0.6 is 0 Å². The third kappa shape index (κ3) is 2.09. The molecule has 2 unspecified atom stereocenters. The fourth-order valence-electron chi connectivity index (χ4n) is 2.19. The van der Waals surface area contributed by atoms with Gasteiger partial charge < -0.3 is 10.2 Å². The van der Waals surface area contributed by atoms with Gasteiger partial charge in [0.15, 0.2) is 0 Å². The average Bonchev–Trinajstić information content (AvgIpc) is 2.87. The molecule has 5 nitrogen and oxygen atoms in total. The Morgan fingerprint density at radius 3 is 3.06 bits per heavy atom. The fraction of sp³-hybridized carbons (Fsp3) is 0.636. The number of aromatic nitrogens is 2. The lowest BCUT2D eigenvalue weighted by Gasteiger charge is -2.24. The van der Waals surface area contributed by atoms with Gasteiger partial charge in [-0.15, -0.1) is 0 Å². The van der Waals surface area contributed by atoms with Crippen LogP contribution in [0.4, 0.5) is 0 Å². The molecular formula is C11H18N4O. The van der Waals surface area contributed by atoms with Gasteiger partial charge in [0.25, 0.3) is 0 Å². The molecule has 16 heavy (non-hydrogen) atoms. The van der Waals surface area contributed by atoms with Crippen molar-refractivity contribution in [1.82, 2.24) is 20.0 Å². The number of hydrogen-bond donors (Lipinski definition) is 1. The molecule has 2 atom stereocenters. The Kier molecular flexibility index (Phi) is 3.24. The maximum Gasteiger partial charge on any atom is 0.240 e. The number of carbonyl (C=O) groups excluding carboxylic acids is 1. The highest BCUT2D eigenvalue weighted by Gasteiger charge is 2.33. The highest BCUT2D eigenvalue weighted by Crippen LogP contribution is 2.15. The largest absolute Gasteiger partial charge is 0.337 e. The van der Waals surface area contributed by atoms with Gasteiger partial charge in [0, 0.05) is 25.0 Å². The maximum absolute atomic E-state index is 11.9. The average molecular weight is 222 g/mol. The van der Waals surface area contributed by atoms with Crippen LogP contribution in [0.2, 0.25) is 0 Å². The van der Waals surface area contributed by atoms with Crippen LogP contribution in [0.3, 0.4) is 0 Å². The highest BCUT2D eigenvalue weighted by molar-refractivity contribution is 5.84. The Morgan fingerprint density at radius 1 is 1.69 bits per heavy atom. The van der Waals surface area contributed by atoms with Crippen molar-refractivity contribution in [1.29, 1.82) is 0 Å². The van der Waals surface area contributed by atoms with Gasteiger partial charge in [-0.3, -0.25) is 9.48 Å². The van der Waals surface area contributed by atoms with Crippen LogP contribution < -0.4 is 5.32 Å². The number of hydrogen-bond acceptors (Lipinski definition) is 3. The van der Waals surface area contributed by atoms with Crippen molar-refractivity contribution >= 4 is 5.91 Å². The van der Waals surface area contributed by atoms with Crippen molar-refractivity contribution in [2.24, 2.45) is 0 Å². The summed E-state index contributed by atoms with van der Waals surface area (Å²) >= 11 is 0. The summed E-state index contributed by atoms with van der Waals surface area (Å²) in [6.45, 7) is 3.67. The van der Waals surface area contributed by atoms with Crippen molar-refractivity contribution in [3.63, 3.8) is 0 Å². The van der Waals surface area contributed by atoms with Crippen LogP contribution in [0.25, 0.3) is 0 Å². The van der Waals surface area contributed by atoms with E-state index in [1.54, 1.807) is 6.20 Å². The van der Waals surface area contributed by atoms with Crippen LogP contribution in [-0.2, 0) is 11.3 Å². The summed E-state index contributed by atoms with van der Waals surface area (Å²) in [6, 6.07) is 2.10. The summed E-state index contributed by atoms with van der Waals surface area (Å²) in [5.41, 5.74) is 0. The molecule has 88 valence electrons. The van der Waals surface area contributed by atoms with E-state index in [0.29, 0.717) is 0 Å². The van der Waals surface area contributed by atoms with Crippen LogP contribution in [-0.4, -0.2) is 46.3 Å². The first kappa shape index (κ1) is 11.1. The van der Waals surface area contributed by atoms with Crippen LogP contribution in [0, 0.1) is 0 Å². The van der Waals surface area contributed by atoms with Crippen molar-refractivity contribution < 1.29 is 4.79 Å². The topological polar surface area (TPSA) is 50.2 Å². The minimum Gasteiger partial charge on any atom is -0.337 e. The molecule has 1 aliphatic heterocycles. The standard InChI is InChI=1S/C11H18N4O/c1-9(8-14-6-3-5-13-14)15-7-4-10(12-2)11(15)16/h3,5-6,9-10,12H,4,7-8H2,1-2H3. The molecule has 0 saturated carbocycles. The molecule has 1 fully saturated rings. The molecule has 1 N–H and O–H groups in total. The number of nitrogens with zero attached hydrogens (tertiary/aromatic N) is 3. The third-order valence-electron chi connectivity index (χ3n) is 3.13. The number of rotatable bonds is 4. The number of nitrogens with one attached hydrogen (secondary N) is 1. The predicted octanol–water partition coefficient (Wildman–Crippen LogP) is 0.0919. The predicted molar refractivity (Wildman–Crippen MR) is 60.9 cm³/mol. The van der Waals surface area contributed by atoms with E-state index in [-0.39, 0.29) is 18.0 Å². The van der Waals surface area contributed by atoms with E-state index in [9.17, 15) is 4.79 Å². The number of likely N-dealkylation sites (tertiary alicyclic amines) is 1. The molecular weight excluding hydrogens is 204 g/mol. The Labute approximate surface area is 95.4 Å². The smallest absolute Gasteiger partial charge is 0.240 e. The molecule has 1 aromatic rings. The molecule has 0 spiro atoms. The van der Waals surface area contributed by atoms with E-state index in [2.05, 4.69) is 17.3 Å². The molecule has 0 radical (unpaired) electrons. The lowest BCUT2D eigenvalue weighted by molar-refractivity contribution is -0.131. The van der Waals surface area contributed by atoms with Crippen LogP contribution in [0.5, 0.6) is 0 Å². The molecule has 1 aliphatic rings. The van der Waals surface area contributed by atoms with E-state index in [1.807, 2.05) is 28.9 Å². The second-order valence-electron chi connectivity index (χ2n) is 4.24. The Bertz CT molecular complexity index is 349. The first-order chi connectivity index (χ1) is 7.72. The molecule has 2 heterocycles. The molecule has 0 bridgehead atoms. The minimum absolute atomic E-state index is 0.0000661. The summed E-state index contributed by atoms with van der Waals surface area (Å²) in [4.78, 5) is 13.9. The SMILES string of the molecule is CNC1CCN(C(C)Cn2cccn2)C1=O. The molecule has 5 heteroatoms. The summed E-state index contributed by atoms with van der Waals surface area (Å²) < 4.78 is 1.87. The van der Waals surface area contributed by atoms with E-state index in [1.165, 1.54) is 0 Å². The molecule has 1 amide bonds. The van der Waals surface area contributed by atoms with Gasteiger partial charge in [-0.25, -0.2) is 0 Å². The molecule has 1 saturated heterocycles. The summed E-state index contributed by atoms with van der Waals surface area (Å²) in [5, 5.41) is 7.20. The second kappa shape index (κ2) is 4.65. The second-order valence-corrected chi connectivity index (χ2v) is 4.24. The van der Waals surface area contributed by atoms with Gasteiger partial charge in [-0.2, -0.15) is 5.10 Å². The monoisotopic (exact) mass is 222 g/mol.